The minimum Gasteiger partial charge on any atom is -0.370 e. The first-order valence-corrected chi connectivity index (χ1v) is 12.8. The number of halogens is 6. The van der Waals surface area contributed by atoms with Gasteiger partial charge in [0, 0.05) is 32.1 Å². The van der Waals surface area contributed by atoms with Gasteiger partial charge in [-0.15, -0.1) is 0 Å². The van der Waals surface area contributed by atoms with Gasteiger partial charge in [-0.2, -0.15) is 13.2 Å². The topological polar surface area (TPSA) is 62.2 Å². The Morgan fingerprint density at radius 1 is 1.14 bits per heavy atom. The van der Waals surface area contributed by atoms with Crippen LogP contribution in [-0.2, 0) is 18.4 Å². The Morgan fingerprint density at radius 3 is 2.46 bits per heavy atom. The quantitative estimate of drug-likeness (QED) is 0.334. The molecule has 0 bridgehead atoms. The number of aryl methyl sites for hydroxylation is 1. The fourth-order valence-electron chi connectivity index (χ4n) is 4.20. The monoisotopic (exact) mass is 575 g/mol. The van der Waals surface area contributed by atoms with Crippen LogP contribution in [0.15, 0.2) is 24.3 Å². The lowest BCUT2D eigenvalue weighted by Crippen LogP contribution is -2.34. The summed E-state index contributed by atoms with van der Waals surface area (Å²) >= 11 is 19.5. The molecule has 0 spiro atoms. The molecule has 12 heteroatoms. The molecule has 200 valence electrons. The molecule has 1 aliphatic heterocycles. The van der Waals surface area contributed by atoms with E-state index in [9.17, 15) is 18.0 Å². The lowest BCUT2D eigenvalue weighted by Gasteiger charge is -2.21. The van der Waals surface area contributed by atoms with Crippen molar-refractivity contribution in [1.82, 2.24) is 14.9 Å². The Bertz CT molecular complexity index is 1350. The molecule has 1 fully saturated rings. The summed E-state index contributed by atoms with van der Waals surface area (Å²) < 4.78 is 41.3. The van der Waals surface area contributed by atoms with Crippen LogP contribution in [0.2, 0.25) is 15.1 Å². The minimum absolute atomic E-state index is 0.0274. The largest absolute Gasteiger partial charge is 0.393 e. The number of benzene rings is 2. The van der Waals surface area contributed by atoms with E-state index in [0.29, 0.717) is 49.0 Å². The average molecular weight is 577 g/mol. The summed E-state index contributed by atoms with van der Waals surface area (Å²) in [4.78, 5) is 18.5. The second kappa shape index (κ2) is 10.1. The first kappa shape index (κ1) is 27.7. The summed E-state index contributed by atoms with van der Waals surface area (Å²) in [5.74, 6) is -1.08. The number of rotatable bonds is 5. The van der Waals surface area contributed by atoms with E-state index in [1.807, 2.05) is 20.8 Å². The van der Waals surface area contributed by atoms with Gasteiger partial charge < -0.3 is 20.1 Å². The zero-order chi connectivity index (χ0) is 27.3. The number of hydrogen-bond acceptors (Lipinski definition) is 4. The van der Waals surface area contributed by atoms with Crippen LogP contribution >= 0.6 is 34.8 Å². The standard InChI is InChI=1S/C25H27Cl3F3N5O/c1-24(2,3)22(37)32-11-13-5-6-15(26)21(20(13)28)34-23-33-17-9-16(27)18(10-19(17)35(23)4)36-8-7-14(12-36)25(29,30)31/h5-6,9-10,14H,7-8,11-12H2,1-4H3,(H,32,37)(H,33,34). The van der Waals surface area contributed by atoms with Gasteiger partial charge in [0.15, 0.2) is 0 Å². The molecule has 2 N–H and O–H groups in total. The number of alkyl halides is 3. The van der Waals surface area contributed by atoms with Gasteiger partial charge in [0.05, 0.1) is 43.4 Å². The van der Waals surface area contributed by atoms with E-state index in [4.69, 9.17) is 34.8 Å². The highest BCUT2D eigenvalue weighted by molar-refractivity contribution is 6.39. The molecule has 1 saturated heterocycles. The van der Waals surface area contributed by atoms with Crippen molar-refractivity contribution in [1.29, 1.82) is 0 Å². The first-order valence-electron chi connectivity index (χ1n) is 11.7. The molecule has 0 radical (unpaired) electrons. The van der Waals surface area contributed by atoms with E-state index in [-0.39, 0.29) is 32.0 Å². The Kier molecular flexibility index (Phi) is 7.53. The molecular formula is C25H27Cl3F3N5O. The predicted octanol–water partition coefficient (Wildman–Crippen LogP) is 7.33. The number of carbonyl (C=O) groups excluding carboxylic acids is 1. The predicted molar refractivity (Wildman–Crippen MR) is 143 cm³/mol. The van der Waals surface area contributed by atoms with Crippen LogP contribution in [0.5, 0.6) is 0 Å². The van der Waals surface area contributed by atoms with Crippen molar-refractivity contribution >= 4 is 69.1 Å². The van der Waals surface area contributed by atoms with E-state index < -0.39 is 17.5 Å². The highest BCUT2D eigenvalue weighted by Gasteiger charge is 2.44. The zero-order valence-electron chi connectivity index (χ0n) is 20.7. The number of carbonyl (C=O) groups is 1. The molecule has 2 aromatic carbocycles. The van der Waals surface area contributed by atoms with Crippen LogP contribution in [0.1, 0.15) is 32.8 Å². The number of amides is 1. The van der Waals surface area contributed by atoms with Crippen LogP contribution in [0.3, 0.4) is 0 Å². The first-order chi connectivity index (χ1) is 17.2. The third-order valence-electron chi connectivity index (χ3n) is 6.47. The van der Waals surface area contributed by atoms with E-state index in [1.54, 1.807) is 40.8 Å². The number of nitrogens with zero attached hydrogens (tertiary/aromatic N) is 3. The van der Waals surface area contributed by atoms with Gasteiger partial charge in [-0.25, -0.2) is 4.98 Å². The number of anilines is 3. The Balaban J connectivity index is 1.61. The third kappa shape index (κ3) is 5.73. The summed E-state index contributed by atoms with van der Waals surface area (Å²) in [5.41, 5.74) is 2.31. The van der Waals surface area contributed by atoms with Crippen molar-refractivity contribution in [3.05, 3.63) is 44.9 Å². The summed E-state index contributed by atoms with van der Waals surface area (Å²) in [6, 6.07) is 6.80. The van der Waals surface area contributed by atoms with Crippen LogP contribution in [0.4, 0.5) is 30.5 Å². The van der Waals surface area contributed by atoms with Gasteiger partial charge in [-0.3, -0.25) is 4.79 Å². The summed E-state index contributed by atoms with van der Waals surface area (Å²) in [7, 11) is 1.77. The molecule has 1 atom stereocenters. The zero-order valence-corrected chi connectivity index (χ0v) is 23.0. The van der Waals surface area contributed by atoms with Crippen molar-refractivity contribution in [3.63, 3.8) is 0 Å². The molecule has 1 aromatic heterocycles. The van der Waals surface area contributed by atoms with Crippen LogP contribution < -0.4 is 15.5 Å². The molecule has 3 aromatic rings. The summed E-state index contributed by atoms with van der Waals surface area (Å²) in [6.07, 6.45) is -4.21. The Hall–Kier alpha value is -2.36. The molecule has 6 nitrogen and oxygen atoms in total. The molecule has 1 aliphatic rings. The Labute approximate surface area is 228 Å². The molecule has 2 heterocycles. The van der Waals surface area contributed by atoms with Gasteiger partial charge in [0.2, 0.25) is 11.9 Å². The molecule has 37 heavy (non-hydrogen) atoms. The van der Waals surface area contributed by atoms with Gasteiger partial charge in [-0.1, -0.05) is 61.6 Å². The van der Waals surface area contributed by atoms with Crippen LogP contribution in [0.25, 0.3) is 11.0 Å². The van der Waals surface area contributed by atoms with Crippen molar-refractivity contribution < 1.29 is 18.0 Å². The second-order valence-electron chi connectivity index (χ2n) is 10.2. The van der Waals surface area contributed by atoms with Crippen molar-refractivity contribution in [2.24, 2.45) is 18.4 Å². The number of aromatic nitrogens is 2. The number of hydrogen-bond donors (Lipinski definition) is 2. The fraction of sp³-hybridized carbons (Fsp3) is 0.440. The molecule has 0 aliphatic carbocycles. The number of fused-ring (bicyclic) bond motifs is 1. The van der Waals surface area contributed by atoms with Crippen molar-refractivity contribution in [2.45, 2.75) is 39.9 Å². The van der Waals surface area contributed by atoms with Crippen LogP contribution in [-0.4, -0.2) is 34.7 Å². The van der Waals surface area contributed by atoms with E-state index >= 15 is 0 Å². The third-order valence-corrected chi connectivity index (χ3v) is 7.52. The molecule has 1 unspecified atom stereocenters. The van der Waals surface area contributed by atoms with Gasteiger partial charge in [-0.05, 0) is 30.2 Å². The lowest BCUT2D eigenvalue weighted by molar-refractivity contribution is -0.168. The van der Waals surface area contributed by atoms with Gasteiger partial charge >= 0.3 is 6.18 Å². The average Bonchev–Trinajstić information content (AvgIpc) is 3.40. The maximum absolute atomic E-state index is 13.2. The smallest absolute Gasteiger partial charge is 0.370 e. The molecule has 1 amide bonds. The second-order valence-corrected chi connectivity index (χ2v) is 11.4. The summed E-state index contributed by atoms with van der Waals surface area (Å²) in [6.45, 7) is 5.81. The van der Waals surface area contributed by atoms with Crippen molar-refractivity contribution in [3.8, 4) is 0 Å². The molecule has 0 saturated carbocycles. The van der Waals surface area contributed by atoms with Crippen molar-refractivity contribution in [2.75, 3.05) is 23.3 Å². The normalized spacial score (nSPS) is 16.5. The number of nitrogens with one attached hydrogen (secondary N) is 2. The fourth-order valence-corrected chi connectivity index (χ4v) is 5.01. The SMILES string of the molecule is Cn1c(Nc2c(Cl)ccc(CNC(=O)C(C)(C)C)c2Cl)nc2cc(Cl)c(N3CCC(C(F)(F)F)C3)cc21. The van der Waals surface area contributed by atoms with Gasteiger partial charge in [0.1, 0.15) is 0 Å². The van der Waals surface area contributed by atoms with Crippen LogP contribution in [0, 0.1) is 11.3 Å². The van der Waals surface area contributed by atoms with E-state index in [1.165, 1.54) is 0 Å². The maximum atomic E-state index is 13.2. The van der Waals surface area contributed by atoms with Gasteiger partial charge in [0.25, 0.3) is 0 Å². The maximum Gasteiger partial charge on any atom is 0.393 e. The Morgan fingerprint density at radius 2 is 1.84 bits per heavy atom. The lowest BCUT2D eigenvalue weighted by atomic mass is 9.95. The molecular weight excluding hydrogens is 550 g/mol. The molecule has 4 rings (SSSR count). The van der Waals surface area contributed by atoms with E-state index in [0.717, 1.165) is 0 Å². The summed E-state index contributed by atoms with van der Waals surface area (Å²) in [5, 5.41) is 7.05. The van der Waals surface area contributed by atoms with E-state index in [2.05, 4.69) is 15.6 Å². The number of imidazole rings is 1. The highest BCUT2D eigenvalue weighted by atomic mass is 35.5. The highest BCUT2D eigenvalue weighted by Crippen LogP contribution is 2.40. The minimum atomic E-state index is -4.24.